The van der Waals surface area contributed by atoms with Gasteiger partial charge in [0.15, 0.2) is 19.9 Å². The van der Waals surface area contributed by atoms with Crippen molar-refractivity contribution in [3.63, 3.8) is 0 Å². The second kappa shape index (κ2) is 7.30. The smallest absolute Gasteiger partial charge is 0.191 e. The lowest BCUT2D eigenvalue weighted by Gasteiger charge is -2.36. The first-order valence-corrected chi connectivity index (χ1v) is 10.5. The van der Waals surface area contributed by atoms with Crippen molar-refractivity contribution in [3.8, 4) is 11.8 Å². The fourth-order valence-electron chi connectivity index (χ4n) is 1.68. The van der Waals surface area contributed by atoms with Gasteiger partial charge in [-0.15, -0.1) is 0 Å². The van der Waals surface area contributed by atoms with Crippen molar-refractivity contribution in [2.75, 3.05) is 13.2 Å². The third-order valence-electron chi connectivity index (χ3n) is 4.29. The van der Waals surface area contributed by atoms with Crippen molar-refractivity contribution in [1.29, 1.82) is 5.26 Å². The molecule has 0 unspecified atom stereocenters. The van der Waals surface area contributed by atoms with Gasteiger partial charge in [0, 0.05) is 18.6 Å². The van der Waals surface area contributed by atoms with Gasteiger partial charge in [0.1, 0.15) is 7.85 Å². The molecular weight excluding hydrogens is 296 g/mol. The summed E-state index contributed by atoms with van der Waals surface area (Å²) in [6.45, 7) is 12.0. The van der Waals surface area contributed by atoms with E-state index >= 15 is 0 Å². The summed E-state index contributed by atoms with van der Waals surface area (Å²) in [4.78, 5) is 0. The molecule has 0 spiro atoms. The number of hydrogen-bond acceptors (Lipinski definition) is 3. The molecule has 0 saturated carbocycles. The fourth-order valence-corrected chi connectivity index (χ4v) is 2.77. The molecular formula is C16H25BFNO2Si. The predicted molar refractivity (Wildman–Crippen MR) is 92.6 cm³/mol. The van der Waals surface area contributed by atoms with Gasteiger partial charge in [0.2, 0.25) is 0 Å². The maximum Gasteiger partial charge on any atom is 0.191 e. The van der Waals surface area contributed by atoms with E-state index in [0.29, 0.717) is 30.7 Å². The average Bonchev–Trinajstić information content (AvgIpc) is 2.41. The third kappa shape index (κ3) is 4.59. The summed E-state index contributed by atoms with van der Waals surface area (Å²) < 4.78 is 25.5. The summed E-state index contributed by atoms with van der Waals surface area (Å²) in [6, 6.07) is 5.05. The molecule has 3 nitrogen and oxygen atoms in total. The van der Waals surface area contributed by atoms with Crippen molar-refractivity contribution in [2.24, 2.45) is 0 Å². The van der Waals surface area contributed by atoms with Crippen molar-refractivity contribution in [2.45, 2.75) is 45.3 Å². The SMILES string of the molecule is Bc1c(C#N)ccc(OCCCO[Si](C)(C)C(C)(C)C)c1F. The quantitative estimate of drug-likeness (QED) is 0.598. The highest BCUT2D eigenvalue weighted by Crippen LogP contribution is 2.36. The van der Waals surface area contributed by atoms with Gasteiger partial charge in [-0.05, 0) is 35.7 Å². The van der Waals surface area contributed by atoms with Crippen LogP contribution < -0.4 is 10.2 Å². The van der Waals surface area contributed by atoms with E-state index in [9.17, 15) is 4.39 Å². The van der Waals surface area contributed by atoms with Crippen LogP contribution in [-0.4, -0.2) is 29.4 Å². The van der Waals surface area contributed by atoms with Gasteiger partial charge < -0.3 is 9.16 Å². The molecule has 0 amide bonds. The van der Waals surface area contributed by atoms with Gasteiger partial charge >= 0.3 is 0 Å². The summed E-state index contributed by atoms with van der Waals surface area (Å²) in [5.74, 6) is -0.256. The molecule has 1 aromatic rings. The van der Waals surface area contributed by atoms with E-state index in [-0.39, 0.29) is 10.8 Å². The Morgan fingerprint density at radius 3 is 2.45 bits per heavy atom. The highest BCUT2D eigenvalue weighted by Gasteiger charge is 2.36. The number of nitriles is 1. The second-order valence-electron chi connectivity index (χ2n) is 6.97. The molecule has 0 aliphatic carbocycles. The molecule has 0 fully saturated rings. The van der Waals surface area contributed by atoms with Gasteiger partial charge in [-0.3, -0.25) is 0 Å². The number of rotatable bonds is 6. The Morgan fingerprint density at radius 2 is 1.91 bits per heavy atom. The largest absolute Gasteiger partial charge is 0.490 e. The van der Waals surface area contributed by atoms with Gasteiger partial charge in [-0.2, -0.15) is 5.26 Å². The van der Waals surface area contributed by atoms with Gasteiger partial charge in [-0.25, -0.2) is 4.39 Å². The minimum Gasteiger partial charge on any atom is -0.490 e. The molecule has 0 aliphatic heterocycles. The highest BCUT2D eigenvalue weighted by molar-refractivity contribution is 6.74. The summed E-state index contributed by atoms with van der Waals surface area (Å²) >= 11 is 0. The molecule has 0 atom stereocenters. The van der Waals surface area contributed by atoms with E-state index < -0.39 is 14.1 Å². The molecule has 0 N–H and O–H groups in total. The first kappa shape index (κ1) is 18.7. The number of benzene rings is 1. The molecule has 1 aromatic carbocycles. The van der Waals surface area contributed by atoms with Crippen molar-refractivity contribution >= 4 is 21.6 Å². The zero-order valence-corrected chi connectivity index (χ0v) is 15.4. The lowest BCUT2D eigenvalue weighted by Crippen LogP contribution is -2.41. The Morgan fingerprint density at radius 1 is 1.27 bits per heavy atom. The lowest BCUT2D eigenvalue weighted by molar-refractivity contribution is 0.229. The van der Waals surface area contributed by atoms with Crippen LogP contribution in [0.5, 0.6) is 5.75 Å². The fraction of sp³-hybridized carbons (Fsp3) is 0.562. The average molecular weight is 321 g/mol. The van der Waals surface area contributed by atoms with E-state index in [1.807, 2.05) is 6.07 Å². The zero-order chi connectivity index (χ0) is 17.0. The highest BCUT2D eigenvalue weighted by atomic mass is 28.4. The molecule has 120 valence electrons. The number of nitrogens with zero attached hydrogens (tertiary/aromatic N) is 1. The van der Waals surface area contributed by atoms with Crippen LogP contribution in [0.3, 0.4) is 0 Å². The van der Waals surface area contributed by atoms with E-state index in [4.69, 9.17) is 14.4 Å². The summed E-state index contributed by atoms with van der Waals surface area (Å²) in [7, 11) is -0.147. The molecule has 6 heteroatoms. The number of halogens is 1. The molecule has 0 saturated heterocycles. The molecule has 22 heavy (non-hydrogen) atoms. The molecule has 0 aromatic heterocycles. The molecule has 0 aliphatic rings. The summed E-state index contributed by atoms with van der Waals surface area (Å²) in [6.07, 6.45) is 0.713. The summed E-state index contributed by atoms with van der Waals surface area (Å²) in [5, 5.41) is 9.04. The Balaban J connectivity index is 2.47. The molecule has 0 heterocycles. The van der Waals surface area contributed by atoms with E-state index in [1.54, 1.807) is 13.9 Å². The summed E-state index contributed by atoms with van der Waals surface area (Å²) in [5.41, 5.74) is 0.670. The van der Waals surface area contributed by atoms with Crippen LogP contribution in [-0.2, 0) is 4.43 Å². The van der Waals surface area contributed by atoms with Crippen LogP contribution >= 0.6 is 0 Å². The Kier molecular flexibility index (Phi) is 6.21. The normalized spacial score (nSPS) is 12.0. The monoisotopic (exact) mass is 321 g/mol. The second-order valence-corrected chi connectivity index (χ2v) is 11.8. The topological polar surface area (TPSA) is 42.2 Å². The first-order valence-electron chi connectivity index (χ1n) is 7.56. The van der Waals surface area contributed by atoms with Gasteiger partial charge in [0.25, 0.3) is 0 Å². The van der Waals surface area contributed by atoms with E-state index in [1.165, 1.54) is 6.07 Å². The van der Waals surface area contributed by atoms with E-state index in [0.717, 1.165) is 0 Å². The minimum atomic E-state index is -1.73. The van der Waals surface area contributed by atoms with Crippen LogP contribution in [0.15, 0.2) is 12.1 Å². The number of hydrogen-bond donors (Lipinski definition) is 0. The zero-order valence-electron chi connectivity index (χ0n) is 14.4. The maximum absolute atomic E-state index is 14.0. The van der Waals surface area contributed by atoms with Crippen LogP contribution in [0.25, 0.3) is 0 Å². The standard InChI is InChI=1S/C16H25BFNO2Si/c1-16(2,3)22(4,5)21-10-6-9-20-13-8-7-12(11-19)14(17)15(13)18/h7-8H,6,9-10,17H2,1-5H3. The molecule has 0 bridgehead atoms. The van der Waals surface area contributed by atoms with Gasteiger partial charge in [0.05, 0.1) is 12.7 Å². The minimum absolute atomic E-state index is 0.185. The molecule has 0 radical (unpaired) electrons. The maximum atomic E-state index is 14.0. The van der Waals surface area contributed by atoms with Crippen LogP contribution in [0.2, 0.25) is 18.1 Å². The predicted octanol–water partition coefficient (Wildman–Crippen LogP) is 2.75. The van der Waals surface area contributed by atoms with Crippen molar-refractivity contribution in [3.05, 3.63) is 23.5 Å². The Labute approximate surface area is 135 Å². The van der Waals surface area contributed by atoms with Crippen molar-refractivity contribution in [1.82, 2.24) is 0 Å². The van der Waals surface area contributed by atoms with Crippen molar-refractivity contribution < 1.29 is 13.6 Å². The Bertz CT molecular complexity index is 564. The first-order chi connectivity index (χ1) is 10.1. The van der Waals surface area contributed by atoms with E-state index in [2.05, 4.69) is 33.9 Å². The van der Waals surface area contributed by atoms with Crippen LogP contribution in [0, 0.1) is 17.1 Å². The van der Waals surface area contributed by atoms with Gasteiger partial charge in [-0.1, -0.05) is 20.8 Å². The van der Waals surface area contributed by atoms with Crippen LogP contribution in [0.4, 0.5) is 4.39 Å². The third-order valence-corrected chi connectivity index (χ3v) is 8.82. The lowest BCUT2D eigenvalue weighted by atomic mass is 9.90. The van der Waals surface area contributed by atoms with Crippen LogP contribution in [0.1, 0.15) is 32.8 Å². The Hall–Kier alpha value is -1.32. The number of ether oxygens (including phenoxy) is 1. The molecule has 1 rings (SSSR count).